The lowest BCUT2D eigenvalue weighted by Crippen LogP contribution is -2.47. The predicted molar refractivity (Wildman–Crippen MR) is 64.8 cm³/mol. The molecule has 0 bridgehead atoms. The summed E-state index contributed by atoms with van der Waals surface area (Å²) in [7, 11) is 0. The minimum atomic E-state index is -4.91. The molecule has 5 nitrogen and oxygen atoms in total. The van der Waals surface area contributed by atoms with Crippen LogP contribution in [0.25, 0.3) is 0 Å². The fourth-order valence-corrected chi connectivity index (χ4v) is 2.51. The van der Waals surface area contributed by atoms with Gasteiger partial charge >= 0.3 is 12.1 Å². The van der Waals surface area contributed by atoms with Gasteiger partial charge in [-0.25, -0.2) is 0 Å². The molecule has 1 unspecified atom stereocenters. The first-order valence-corrected chi connectivity index (χ1v) is 6.25. The van der Waals surface area contributed by atoms with E-state index in [1.807, 2.05) is 0 Å². The molecular weight excluding hydrogens is 291 g/mol. The van der Waals surface area contributed by atoms with Gasteiger partial charge in [0.1, 0.15) is 5.76 Å². The van der Waals surface area contributed by atoms with Gasteiger partial charge in [-0.2, -0.15) is 13.2 Å². The first-order valence-electron chi connectivity index (χ1n) is 6.25. The Morgan fingerprint density at radius 1 is 1.38 bits per heavy atom. The second kappa shape index (κ2) is 4.78. The molecular formula is C13H14F3NO4. The standard InChI is InChI=1S/C13H14F3NO4/c1-7-5-8(2)21-9(7)10(18)17-4-3-12(6-17,11(19)20)13(14,15)16/h5H,3-4,6H2,1-2H3,(H,19,20). The highest BCUT2D eigenvalue weighted by atomic mass is 19.4. The zero-order valence-electron chi connectivity index (χ0n) is 11.5. The maximum atomic E-state index is 13.0. The van der Waals surface area contributed by atoms with Crippen LogP contribution in [0.5, 0.6) is 0 Å². The van der Waals surface area contributed by atoms with E-state index in [-0.39, 0.29) is 12.3 Å². The van der Waals surface area contributed by atoms with Gasteiger partial charge in [-0.05, 0) is 26.3 Å². The Bertz CT molecular complexity index is 593. The third-order valence-electron chi connectivity index (χ3n) is 3.74. The molecule has 0 spiro atoms. The number of carbonyl (C=O) groups is 2. The van der Waals surface area contributed by atoms with E-state index >= 15 is 0 Å². The number of aryl methyl sites for hydroxylation is 2. The average Bonchev–Trinajstić information content (AvgIpc) is 2.92. The largest absolute Gasteiger partial charge is 0.481 e. The predicted octanol–water partition coefficient (Wildman–Crippen LogP) is 2.38. The second-order valence-electron chi connectivity index (χ2n) is 5.23. The van der Waals surface area contributed by atoms with Crippen molar-refractivity contribution in [2.45, 2.75) is 26.4 Å². The number of alkyl halides is 3. The molecule has 0 aliphatic carbocycles. The van der Waals surface area contributed by atoms with Crippen molar-refractivity contribution in [3.63, 3.8) is 0 Å². The van der Waals surface area contributed by atoms with Crippen LogP contribution in [-0.4, -0.2) is 41.1 Å². The fraction of sp³-hybridized carbons (Fsp3) is 0.538. The number of furan rings is 1. The lowest BCUT2D eigenvalue weighted by Gasteiger charge is -2.27. The number of hydrogen-bond donors (Lipinski definition) is 1. The molecule has 8 heteroatoms. The van der Waals surface area contributed by atoms with E-state index in [1.165, 1.54) is 0 Å². The van der Waals surface area contributed by atoms with Gasteiger partial charge in [0.25, 0.3) is 5.91 Å². The van der Waals surface area contributed by atoms with Gasteiger partial charge < -0.3 is 14.4 Å². The molecule has 1 aromatic rings. The molecule has 1 aliphatic rings. The first-order chi connectivity index (χ1) is 9.58. The van der Waals surface area contributed by atoms with Gasteiger partial charge in [-0.3, -0.25) is 9.59 Å². The van der Waals surface area contributed by atoms with Gasteiger partial charge in [-0.1, -0.05) is 0 Å². The zero-order chi connectivity index (χ0) is 16.0. The number of carboxylic acid groups (broad SMARTS) is 1. The quantitative estimate of drug-likeness (QED) is 0.910. The number of rotatable bonds is 2. The number of aliphatic carboxylic acids is 1. The summed E-state index contributed by atoms with van der Waals surface area (Å²) in [5, 5.41) is 8.95. The van der Waals surface area contributed by atoms with Gasteiger partial charge in [0, 0.05) is 18.7 Å². The summed E-state index contributed by atoms with van der Waals surface area (Å²) in [6.45, 7) is 2.05. The SMILES string of the molecule is Cc1cc(C)c(C(=O)N2CCC(C(=O)O)(C(F)(F)F)C2)o1. The Kier molecular flexibility index (Phi) is 3.51. The van der Waals surface area contributed by atoms with E-state index in [4.69, 9.17) is 9.52 Å². The van der Waals surface area contributed by atoms with E-state index in [0.29, 0.717) is 11.3 Å². The molecule has 2 rings (SSSR count). The van der Waals surface area contributed by atoms with Crippen LogP contribution >= 0.6 is 0 Å². The van der Waals surface area contributed by atoms with Crippen LogP contribution in [0, 0.1) is 19.3 Å². The number of likely N-dealkylation sites (tertiary alicyclic amines) is 1. The smallest absolute Gasteiger partial charge is 0.406 e. The molecule has 1 amide bonds. The Morgan fingerprint density at radius 2 is 2.00 bits per heavy atom. The van der Waals surface area contributed by atoms with Crippen LogP contribution in [0.1, 0.15) is 28.3 Å². The van der Waals surface area contributed by atoms with Gasteiger partial charge in [0.15, 0.2) is 11.2 Å². The highest BCUT2D eigenvalue weighted by molar-refractivity contribution is 5.94. The van der Waals surface area contributed by atoms with Gasteiger partial charge in [-0.15, -0.1) is 0 Å². The summed E-state index contributed by atoms with van der Waals surface area (Å²) < 4.78 is 44.3. The van der Waals surface area contributed by atoms with Gasteiger partial charge in [0.05, 0.1) is 0 Å². The molecule has 21 heavy (non-hydrogen) atoms. The number of carbonyl (C=O) groups excluding carboxylic acids is 1. The molecule has 116 valence electrons. The molecule has 0 aromatic carbocycles. The third kappa shape index (κ3) is 2.38. The van der Waals surface area contributed by atoms with Crippen molar-refractivity contribution in [1.29, 1.82) is 0 Å². The second-order valence-corrected chi connectivity index (χ2v) is 5.23. The van der Waals surface area contributed by atoms with Crippen LogP contribution in [0.4, 0.5) is 13.2 Å². The molecule has 1 aliphatic heterocycles. The van der Waals surface area contributed by atoms with Gasteiger partial charge in [0.2, 0.25) is 0 Å². The first kappa shape index (κ1) is 15.4. The minimum absolute atomic E-state index is 0.0455. The third-order valence-corrected chi connectivity index (χ3v) is 3.74. The number of carboxylic acids is 1. The number of nitrogens with zero attached hydrogens (tertiary/aromatic N) is 1. The average molecular weight is 305 g/mol. The van der Waals surface area contributed by atoms with Crippen LogP contribution in [-0.2, 0) is 4.79 Å². The van der Waals surface area contributed by atoms with Crippen molar-refractivity contribution in [1.82, 2.24) is 4.90 Å². The Hall–Kier alpha value is -1.99. The minimum Gasteiger partial charge on any atom is -0.481 e. The van der Waals surface area contributed by atoms with Crippen molar-refractivity contribution in [3.05, 3.63) is 23.2 Å². The zero-order valence-corrected chi connectivity index (χ0v) is 11.5. The van der Waals surface area contributed by atoms with Crippen LogP contribution < -0.4 is 0 Å². The van der Waals surface area contributed by atoms with Crippen molar-refractivity contribution in [3.8, 4) is 0 Å². The Labute approximate surface area is 118 Å². The van der Waals surface area contributed by atoms with E-state index in [1.54, 1.807) is 19.9 Å². The molecule has 0 radical (unpaired) electrons. The van der Waals surface area contributed by atoms with E-state index in [0.717, 1.165) is 4.90 Å². The summed E-state index contributed by atoms with van der Waals surface area (Å²) in [5.74, 6) is -2.25. The maximum Gasteiger partial charge on any atom is 0.406 e. The summed E-state index contributed by atoms with van der Waals surface area (Å²) in [4.78, 5) is 24.1. The van der Waals surface area contributed by atoms with E-state index < -0.39 is 36.4 Å². The molecule has 1 fully saturated rings. The highest BCUT2D eigenvalue weighted by Crippen LogP contribution is 2.46. The maximum absolute atomic E-state index is 13.0. The number of halogens is 3. The van der Waals surface area contributed by atoms with E-state index in [9.17, 15) is 22.8 Å². The van der Waals surface area contributed by atoms with Crippen LogP contribution in [0.15, 0.2) is 10.5 Å². The Balaban J connectivity index is 2.28. The summed E-state index contributed by atoms with van der Waals surface area (Å²) in [5.41, 5.74) is -2.39. The summed E-state index contributed by atoms with van der Waals surface area (Å²) in [6, 6.07) is 1.59. The molecule has 2 heterocycles. The Morgan fingerprint density at radius 3 is 2.38 bits per heavy atom. The summed E-state index contributed by atoms with van der Waals surface area (Å²) in [6.07, 6.45) is -5.57. The molecule has 0 saturated carbocycles. The highest BCUT2D eigenvalue weighted by Gasteiger charge is 2.64. The lowest BCUT2D eigenvalue weighted by molar-refractivity contribution is -0.227. The summed E-state index contributed by atoms with van der Waals surface area (Å²) >= 11 is 0. The normalized spacial score (nSPS) is 22.6. The van der Waals surface area contributed by atoms with Crippen molar-refractivity contribution >= 4 is 11.9 Å². The topological polar surface area (TPSA) is 70.8 Å². The molecule has 1 saturated heterocycles. The van der Waals surface area contributed by atoms with Crippen molar-refractivity contribution < 1.29 is 32.3 Å². The molecule has 1 N–H and O–H groups in total. The van der Waals surface area contributed by atoms with Crippen LogP contribution in [0.2, 0.25) is 0 Å². The number of amides is 1. The number of hydrogen-bond acceptors (Lipinski definition) is 3. The fourth-order valence-electron chi connectivity index (χ4n) is 2.51. The van der Waals surface area contributed by atoms with E-state index in [2.05, 4.69) is 0 Å². The van der Waals surface area contributed by atoms with Crippen LogP contribution in [0.3, 0.4) is 0 Å². The lowest BCUT2D eigenvalue weighted by atomic mass is 9.86. The molecule has 1 aromatic heterocycles. The monoisotopic (exact) mass is 305 g/mol. The van der Waals surface area contributed by atoms with Crippen molar-refractivity contribution in [2.24, 2.45) is 5.41 Å². The molecule has 1 atom stereocenters. The van der Waals surface area contributed by atoms with Crippen molar-refractivity contribution in [2.75, 3.05) is 13.1 Å².